The molecule has 0 aliphatic heterocycles. The van der Waals surface area contributed by atoms with Crippen molar-refractivity contribution in [2.75, 3.05) is 25.6 Å². The molecule has 1 N–H and O–H groups in total. The van der Waals surface area contributed by atoms with Crippen molar-refractivity contribution in [3.05, 3.63) is 42.7 Å². The second-order valence-electron chi connectivity index (χ2n) is 3.56. The van der Waals surface area contributed by atoms with Crippen molar-refractivity contribution in [2.24, 2.45) is 0 Å². The first kappa shape index (κ1) is 12.3. The molecule has 0 bridgehead atoms. The summed E-state index contributed by atoms with van der Waals surface area (Å²) in [7, 11) is 1.65. The maximum Gasteiger partial charge on any atom is 0.227 e. The summed E-state index contributed by atoms with van der Waals surface area (Å²) in [5, 5.41) is 3.10. The standard InChI is InChI=1S/C13H15N3O2/c1-17-9-10-18-12-5-3-11(4-6-12)16-13-14-7-2-8-15-13/h2-8H,9-10H2,1H3,(H,14,15,16). The molecular weight excluding hydrogens is 230 g/mol. The van der Waals surface area contributed by atoms with Gasteiger partial charge in [-0.3, -0.25) is 0 Å². The van der Waals surface area contributed by atoms with Crippen LogP contribution in [-0.4, -0.2) is 30.3 Å². The highest BCUT2D eigenvalue weighted by Gasteiger charge is 1.97. The molecule has 0 saturated carbocycles. The molecule has 0 aliphatic carbocycles. The van der Waals surface area contributed by atoms with Gasteiger partial charge in [0.25, 0.3) is 0 Å². The molecule has 0 unspecified atom stereocenters. The monoisotopic (exact) mass is 245 g/mol. The molecule has 2 aromatic rings. The van der Waals surface area contributed by atoms with E-state index < -0.39 is 0 Å². The summed E-state index contributed by atoms with van der Waals surface area (Å²) in [6.45, 7) is 1.13. The van der Waals surface area contributed by atoms with Crippen LogP contribution in [0.25, 0.3) is 0 Å². The molecule has 1 aromatic carbocycles. The third kappa shape index (κ3) is 3.71. The SMILES string of the molecule is COCCOc1ccc(Nc2ncccn2)cc1. The fourth-order valence-electron chi connectivity index (χ4n) is 1.37. The summed E-state index contributed by atoms with van der Waals surface area (Å²) >= 11 is 0. The van der Waals surface area contributed by atoms with E-state index in [-0.39, 0.29) is 0 Å². The van der Waals surface area contributed by atoms with Gasteiger partial charge in [0.2, 0.25) is 5.95 Å². The van der Waals surface area contributed by atoms with Gasteiger partial charge in [-0.15, -0.1) is 0 Å². The lowest BCUT2D eigenvalue weighted by Gasteiger charge is -2.07. The third-order valence-corrected chi connectivity index (χ3v) is 2.23. The molecule has 1 aromatic heterocycles. The zero-order chi connectivity index (χ0) is 12.6. The van der Waals surface area contributed by atoms with Crippen LogP contribution in [-0.2, 0) is 4.74 Å². The van der Waals surface area contributed by atoms with Gasteiger partial charge in [0.1, 0.15) is 12.4 Å². The number of ether oxygens (including phenoxy) is 2. The molecule has 2 rings (SSSR count). The summed E-state index contributed by atoms with van der Waals surface area (Å²) < 4.78 is 10.4. The van der Waals surface area contributed by atoms with Crippen LogP contribution in [0.3, 0.4) is 0 Å². The van der Waals surface area contributed by atoms with Crippen LogP contribution in [0.4, 0.5) is 11.6 Å². The molecule has 0 aliphatic rings. The number of nitrogens with one attached hydrogen (secondary N) is 1. The maximum atomic E-state index is 5.47. The van der Waals surface area contributed by atoms with Gasteiger partial charge >= 0.3 is 0 Å². The van der Waals surface area contributed by atoms with Crippen LogP contribution in [0.2, 0.25) is 0 Å². The van der Waals surface area contributed by atoms with Gasteiger partial charge in [-0.2, -0.15) is 0 Å². The van der Waals surface area contributed by atoms with E-state index in [0.717, 1.165) is 11.4 Å². The average Bonchev–Trinajstić information content (AvgIpc) is 2.42. The average molecular weight is 245 g/mol. The van der Waals surface area contributed by atoms with Crippen LogP contribution in [0.15, 0.2) is 42.7 Å². The van der Waals surface area contributed by atoms with Crippen LogP contribution in [0.5, 0.6) is 5.75 Å². The molecule has 5 nitrogen and oxygen atoms in total. The molecule has 0 fully saturated rings. The van der Waals surface area contributed by atoms with Crippen molar-refractivity contribution in [2.45, 2.75) is 0 Å². The Kier molecular flexibility index (Phi) is 4.49. The van der Waals surface area contributed by atoms with E-state index in [1.54, 1.807) is 25.6 Å². The van der Waals surface area contributed by atoms with E-state index in [9.17, 15) is 0 Å². The number of hydrogen-bond donors (Lipinski definition) is 1. The Balaban J connectivity index is 1.91. The summed E-state index contributed by atoms with van der Waals surface area (Å²) in [5.41, 5.74) is 0.917. The van der Waals surface area contributed by atoms with Crippen molar-refractivity contribution in [1.29, 1.82) is 0 Å². The Hall–Kier alpha value is -2.14. The lowest BCUT2D eigenvalue weighted by atomic mass is 10.3. The van der Waals surface area contributed by atoms with E-state index in [0.29, 0.717) is 19.2 Å². The van der Waals surface area contributed by atoms with E-state index in [1.807, 2.05) is 24.3 Å². The fourth-order valence-corrected chi connectivity index (χ4v) is 1.37. The van der Waals surface area contributed by atoms with Gasteiger partial charge in [-0.05, 0) is 30.3 Å². The molecule has 0 saturated heterocycles. The molecule has 1 heterocycles. The number of anilines is 2. The van der Waals surface area contributed by atoms with Gasteiger partial charge < -0.3 is 14.8 Å². The number of benzene rings is 1. The van der Waals surface area contributed by atoms with Crippen molar-refractivity contribution in [3.8, 4) is 5.75 Å². The van der Waals surface area contributed by atoms with Crippen molar-refractivity contribution in [3.63, 3.8) is 0 Å². The van der Waals surface area contributed by atoms with Crippen molar-refractivity contribution < 1.29 is 9.47 Å². The Morgan fingerprint density at radius 1 is 1.06 bits per heavy atom. The zero-order valence-corrected chi connectivity index (χ0v) is 10.2. The largest absolute Gasteiger partial charge is 0.491 e. The topological polar surface area (TPSA) is 56.3 Å². The minimum atomic E-state index is 0.547. The Labute approximate surface area is 106 Å². The predicted octanol–water partition coefficient (Wildman–Crippen LogP) is 2.25. The van der Waals surface area contributed by atoms with Crippen molar-refractivity contribution >= 4 is 11.6 Å². The lowest BCUT2D eigenvalue weighted by Crippen LogP contribution is -2.04. The fraction of sp³-hybridized carbons (Fsp3) is 0.231. The predicted molar refractivity (Wildman–Crippen MR) is 69.1 cm³/mol. The molecule has 5 heteroatoms. The summed E-state index contributed by atoms with van der Waals surface area (Å²) in [6.07, 6.45) is 3.38. The molecular formula is C13H15N3O2. The first-order valence-corrected chi connectivity index (χ1v) is 5.64. The highest BCUT2D eigenvalue weighted by molar-refractivity contribution is 5.54. The quantitative estimate of drug-likeness (QED) is 0.791. The second kappa shape index (κ2) is 6.56. The van der Waals surface area contributed by atoms with E-state index in [4.69, 9.17) is 9.47 Å². The first-order chi connectivity index (χ1) is 8.88. The number of rotatable bonds is 6. The van der Waals surface area contributed by atoms with E-state index in [1.165, 1.54) is 0 Å². The molecule has 18 heavy (non-hydrogen) atoms. The van der Waals surface area contributed by atoms with Crippen LogP contribution in [0, 0.1) is 0 Å². The van der Waals surface area contributed by atoms with Crippen LogP contribution < -0.4 is 10.1 Å². The van der Waals surface area contributed by atoms with E-state index >= 15 is 0 Å². The molecule has 0 atom stereocenters. The van der Waals surface area contributed by atoms with E-state index in [2.05, 4.69) is 15.3 Å². The van der Waals surface area contributed by atoms with Gasteiger partial charge in [-0.1, -0.05) is 0 Å². The summed E-state index contributed by atoms with van der Waals surface area (Å²) in [6, 6.07) is 9.39. The number of nitrogens with zero attached hydrogens (tertiary/aromatic N) is 2. The van der Waals surface area contributed by atoms with Gasteiger partial charge in [-0.25, -0.2) is 9.97 Å². The highest BCUT2D eigenvalue weighted by Crippen LogP contribution is 2.17. The molecule has 0 amide bonds. The Morgan fingerprint density at radius 3 is 2.44 bits per heavy atom. The van der Waals surface area contributed by atoms with Crippen LogP contribution >= 0.6 is 0 Å². The summed E-state index contributed by atoms with van der Waals surface area (Å²) in [5.74, 6) is 1.39. The summed E-state index contributed by atoms with van der Waals surface area (Å²) in [4.78, 5) is 8.17. The number of methoxy groups -OCH3 is 1. The highest BCUT2D eigenvalue weighted by atomic mass is 16.5. The lowest BCUT2D eigenvalue weighted by molar-refractivity contribution is 0.146. The van der Waals surface area contributed by atoms with Crippen LogP contribution in [0.1, 0.15) is 0 Å². The number of aromatic nitrogens is 2. The Bertz CT molecular complexity index is 459. The molecule has 0 radical (unpaired) electrons. The minimum Gasteiger partial charge on any atom is -0.491 e. The minimum absolute atomic E-state index is 0.547. The molecule has 0 spiro atoms. The van der Waals surface area contributed by atoms with Crippen molar-refractivity contribution in [1.82, 2.24) is 9.97 Å². The first-order valence-electron chi connectivity index (χ1n) is 5.64. The molecule has 94 valence electrons. The van der Waals surface area contributed by atoms with Gasteiger partial charge in [0, 0.05) is 25.2 Å². The van der Waals surface area contributed by atoms with Gasteiger partial charge in [0.05, 0.1) is 6.61 Å². The van der Waals surface area contributed by atoms with Gasteiger partial charge in [0.15, 0.2) is 0 Å². The smallest absolute Gasteiger partial charge is 0.227 e. The normalized spacial score (nSPS) is 10.1. The second-order valence-corrected chi connectivity index (χ2v) is 3.56. The Morgan fingerprint density at radius 2 is 1.78 bits per heavy atom. The third-order valence-electron chi connectivity index (χ3n) is 2.23. The zero-order valence-electron chi connectivity index (χ0n) is 10.2. The maximum absolute atomic E-state index is 5.47. The number of hydrogen-bond acceptors (Lipinski definition) is 5.